The number of aromatic nitrogens is 2. The largest absolute Gasteiger partial charge is 0.481 e. The van der Waals surface area contributed by atoms with E-state index in [0.717, 1.165) is 5.56 Å². The monoisotopic (exact) mass is 262 g/mol. The lowest BCUT2D eigenvalue weighted by molar-refractivity contribution is -0.136. The van der Waals surface area contributed by atoms with Crippen molar-refractivity contribution in [2.45, 2.75) is 12.8 Å². The van der Waals surface area contributed by atoms with Crippen LogP contribution in [0.5, 0.6) is 0 Å². The smallest absolute Gasteiger partial charge is 0.307 e. The molecule has 1 N–H and O–H groups in total. The van der Waals surface area contributed by atoms with Crippen molar-refractivity contribution >= 4 is 17.6 Å². The van der Waals surface area contributed by atoms with Crippen molar-refractivity contribution in [2.75, 3.05) is 0 Å². The molecule has 0 aliphatic rings. The first-order chi connectivity index (χ1) is 8.65. The zero-order chi connectivity index (χ0) is 13.0. The Balaban J connectivity index is 2.16. The van der Waals surface area contributed by atoms with E-state index in [1.165, 1.54) is 6.20 Å². The maximum absolute atomic E-state index is 10.6. The molecule has 0 spiro atoms. The van der Waals surface area contributed by atoms with E-state index in [4.69, 9.17) is 16.7 Å². The summed E-state index contributed by atoms with van der Waals surface area (Å²) in [5.41, 5.74) is 1.51. The summed E-state index contributed by atoms with van der Waals surface area (Å²) >= 11 is 5.93. The molecule has 1 aromatic heterocycles. The van der Waals surface area contributed by atoms with Gasteiger partial charge in [0.15, 0.2) is 0 Å². The van der Waals surface area contributed by atoms with Gasteiger partial charge in [-0.25, -0.2) is 9.97 Å². The second kappa shape index (κ2) is 5.60. The van der Waals surface area contributed by atoms with Gasteiger partial charge in [0.05, 0.1) is 6.42 Å². The zero-order valence-electron chi connectivity index (χ0n) is 9.51. The average molecular weight is 263 g/mol. The Bertz CT molecular complexity index is 558. The Hall–Kier alpha value is -1.94. The number of hydrogen-bond donors (Lipinski definition) is 1. The molecule has 0 amide bonds. The molecule has 0 fully saturated rings. The van der Waals surface area contributed by atoms with E-state index in [0.29, 0.717) is 17.8 Å². The van der Waals surface area contributed by atoms with Gasteiger partial charge >= 0.3 is 5.97 Å². The Morgan fingerprint density at radius 3 is 2.61 bits per heavy atom. The van der Waals surface area contributed by atoms with E-state index in [2.05, 4.69) is 9.97 Å². The van der Waals surface area contributed by atoms with Crippen LogP contribution < -0.4 is 0 Å². The van der Waals surface area contributed by atoms with Crippen LogP contribution in [0.15, 0.2) is 36.5 Å². The number of halogens is 1. The van der Waals surface area contributed by atoms with E-state index >= 15 is 0 Å². The summed E-state index contributed by atoms with van der Waals surface area (Å²) in [7, 11) is 0. The van der Waals surface area contributed by atoms with Gasteiger partial charge in [0.25, 0.3) is 0 Å². The van der Waals surface area contributed by atoms with Crippen LogP contribution in [0.4, 0.5) is 0 Å². The second-order valence-corrected chi connectivity index (χ2v) is 4.19. The Kier molecular flexibility index (Phi) is 3.89. The lowest BCUT2D eigenvalue weighted by atomic mass is 10.1. The van der Waals surface area contributed by atoms with Crippen molar-refractivity contribution in [3.63, 3.8) is 0 Å². The predicted octanol–water partition coefficient (Wildman–Crippen LogP) is 2.35. The number of hydrogen-bond acceptors (Lipinski definition) is 3. The van der Waals surface area contributed by atoms with E-state index in [9.17, 15) is 4.79 Å². The summed E-state index contributed by atoms with van der Waals surface area (Å²) in [5.74, 6) is -0.364. The predicted molar refractivity (Wildman–Crippen MR) is 67.6 cm³/mol. The van der Waals surface area contributed by atoms with Crippen molar-refractivity contribution < 1.29 is 9.90 Å². The molecule has 2 rings (SSSR count). The van der Waals surface area contributed by atoms with Gasteiger partial charge < -0.3 is 5.11 Å². The van der Waals surface area contributed by atoms with Gasteiger partial charge in [-0.1, -0.05) is 41.9 Å². The maximum Gasteiger partial charge on any atom is 0.307 e. The molecule has 1 heterocycles. The first-order valence-corrected chi connectivity index (χ1v) is 5.79. The molecule has 1 aromatic carbocycles. The lowest BCUT2D eigenvalue weighted by Gasteiger charge is -2.04. The van der Waals surface area contributed by atoms with Gasteiger partial charge in [0, 0.05) is 18.2 Å². The fourth-order valence-electron chi connectivity index (χ4n) is 1.56. The van der Waals surface area contributed by atoms with Crippen LogP contribution in [-0.2, 0) is 17.6 Å². The number of rotatable bonds is 4. The van der Waals surface area contributed by atoms with E-state index in [1.807, 2.05) is 30.3 Å². The molecule has 0 aliphatic carbocycles. The number of aliphatic carboxylic acids is 1. The molecule has 5 heteroatoms. The Morgan fingerprint density at radius 2 is 2.00 bits per heavy atom. The highest BCUT2D eigenvalue weighted by Gasteiger charge is 2.09. The minimum Gasteiger partial charge on any atom is -0.481 e. The number of carboxylic acids is 1. The molecular formula is C13H11ClN2O2. The van der Waals surface area contributed by atoms with Crippen LogP contribution in [0.1, 0.15) is 17.0 Å². The van der Waals surface area contributed by atoms with Crippen molar-refractivity contribution in [3.05, 3.63) is 58.6 Å². The highest BCUT2D eigenvalue weighted by molar-refractivity contribution is 6.30. The number of carboxylic acid groups (broad SMARTS) is 1. The lowest BCUT2D eigenvalue weighted by Crippen LogP contribution is -2.05. The topological polar surface area (TPSA) is 63.1 Å². The first-order valence-electron chi connectivity index (χ1n) is 5.41. The quantitative estimate of drug-likeness (QED) is 0.859. The molecule has 2 aromatic rings. The molecule has 0 radical (unpaired) electrons. The zero-order valence-corrected chi connectivity index (χ0v) is 10.3. The molecule has 0 aliphatic heterocycles. The van der Waals surface area contributed by atoms with Crippen LogP contribution in [0.2, 0.25) is 5.15 Å². The molecule has 0 saturated carbocycles. The van der Waals surface area contributed by atoms with Crippen LogP contribution in [-0.4, -0.2) is 21.0 Å². The van der Waals surface area contributed by atoms with Gasteiger partial charge in [-0.2, -0.15) is 0 Å². The SMILES string of the molecule is O=C(O)Cc1cnc(Cc2ccccc2)nc1Cl. The van der Waals surface area contributed by atoms with Gasteiger partial charge in [0.2, 0.25) is 0 Å². The van der Waals surface area contributed by atoms with Crippen LogP contribution in [0.25, 0.3) is 0 Å². The third-order valence-corrected chi connectivity index (χ3v) is 2.74. The third kappa shape index (κ3) is 3.28. The molecule has 18 heavy (non-hydrogen) atoms. The van der Waals surface area contributed by atoms with Gasteiger partial charge in [-0.15, -0.1) is 0 Å². The minimum atomic E-state index is -0.948. The molecule has 0 unspecified atom stereocenters. The van der Waals surface area contributed by atoms with Gasteiger partial charge in [-0.05, 0) is 5.56 Å². The summed E-state index contributed by atoms with van der Waals surface area (Å²) in [6.45, 7) is 0. The molecule has 4 nitrogen and oxygen atoms in total. The van der Waals surface area contributed by atoms with Crippen molar-refractivity contribution in [1.29, 1.82) is 0 Å². The Labute approximate surface area is 109 Å². The summed E-state index contributed by atoms with van der Waals surface area (Å²) < 4.78 is 0. The number of nitrogens with zero attached hydrogens (tertiary/aromatic N) is 2. The minimum absolute atomic E-state index is 0.162. The van der Waals surface area contributed by atoms with Gasteiger partial charge in [-0.3, -0.25) is 4.79 Å². The van der Waals surface area contributed by atoms with Crippen LogP contribution in [0, 0.1) is 0 Å². The van der Waals surface area contributed by atoms with E-state index < -0.39 is 5.97 Å². The number of carbonyl (C=O) groups is 1. The normalized spacial score (nSPS) is 10.3. The average Bonchev–Trinajstić information content (AvgIpc) is 2.33. The van der Waals surface area contributed by atoms with Gasteiger partial charge in [0.1, 0.15) is 11.0 Å². The maximum atomic E-state index is 10.6. The molecule has 0 bridgehead atoms. The van der Waals surface area contributed by atoms with E-state index in [1.54, 1.807) is 0 Å². The summed E-state index contributed by atoms with van der Waals surface area (Å²) in [4.78, 5) is 18.8. The molecule has 0 saturated heterocycles. The molecule has 92 valence electrons. The highest BCUT2D eigenvalue weighted by atomic mass is 35.5. The first kappa shape index (κ1) is 12.5. The standard InChI is InChI=1S/C13H11ClN2O2/c14-13-10(7-12(17)18)8-15-11(16-13)6-9-4-2-1-3-5-9/h1-5,8H,6-7H2,(H,17,18). The summed E-state index contributed by atoms with van der Waals surface area (Å²) in [6.07, 6.45) is 1.89. The molecule has 0 atom stereocenters. The number of benzene rings is 1. The third-order valence-electron chi connectivity index (χ3n) is 2.41. The summed E-state index contributed by atoms with van der Waals surface area (Å²) in [5, 5.41) is 8.89. The second-order valence-electron chi connectivity index (χ2n) is 3.84. The fraction of sp³-hybridized carbons (Fsp3) is 0.154. The highest BCUT2D eigenvalue weighted by Crippen LogP contribution is 2.14. The van der Waals surface area contributed by atoms with E-state index in [-0.39, 0.29) is 11.6 Å². The fourth-order valence-corrected chi connectivity index (χ4v) is 1.78. The summed E-state index contributed by atoms with van der Waals surface area (Å²) in [6, 6.07) is 9.77. The van der Waals surface area contributed by atoms with Crippen molar-refractivity contribution in [2.24, 2.45) is 0 Å². The van der Waals surface area contributed by atoms with Crippen molar-refractivity contribution in [1.82, 2.24) is 9.97 Å². The van der Waals surface area contributed by atoms with Crippen molar-refractivity contribution in [3.8, 4) is 0 Å². The Morgan fingerprint density at radius 1 is 1.28 bits per heavy atom. The van der Waals surface area contributed by atoms with Crippen LogP contribution >= 0.6 is 11.6 Å². The molecular weight excluding hydrogens is 252 g/mol. The van der Waals surface area contributed by atoms with Crippen LogP contribution in [0.3, 0.4) is 0 Å².